The number of rotatable bonds is 4. The smallest absolute Gasteiger partial charge is 0.322 e. The average Bonchev–Trinajstić information content (AvgIpc) is 2.88. The first-order valence-electron chi connectivity index (χ1n) is 8.87. The van der Waals surface area contributed by atoms with E-state index in [1.807, 2.05) is 5.01 Å². The summed E-state index contributed by atoms with van der Waals surface area (Å²) in [6.07, 6.45) is 7.84. The van der Waals surface area contributed by atoms with Crippen molar-refractivity contribution in [3.8, 4) is 6.07 Å². The van der Waals surface area contributed by atoms with Crippen molar-refractivity contribution in [3.63, 3.8) is 0 Å². The largest absolute Gasteiger partial charge is 0.480 e. The Morgan fingerprint density at radius 1 is 1.35 bits per heavy atom. The van der Waals surface area contributed by atoms with Crippen LogP contribution in [0.3, 0.4) is 0 Å². The number of carbonyl (C=O) groups is 1. The Kier molecular flexibility index (Phi) is 3.45. The molecule has 5 rings (SSSR count). The number of aliphatic carboxylic acids is 1. The average molecular weight is 318 g/mol. The van der Waals surface area contributed by atoms with Gasteiger partial charge in [0.1, 0.15) is 12.1 Å². The highest BCUT2D eigenvalue weighted by molar-refractivity contribution is 5.75. The van der Waals surface area contributed by atoms with Gasteiger partial charge in [0.2, 0.25) is 0 Å². The van der Waals surface area contributed by atoms with Gasteiger partial charge >= 0.3 is 5.97 Å². The highest BCUT2D eigenvalue weighted by Gasteiger charge is 2.60. The topological polar surface area (TPSA) is 102 Å². The molecule has 0 spiro atoms. The van der Waals surface area contributed by atoms with Crippen molar-refractivity contribution in [2.75, 3.05) is 6.54 Å². The molecule has 6 nitrogen and oxygen atoms in total. The SMILES string of the molecule is N#CC1CCCN1N[C@H](C(=O)O)C12C[C@@H]3C[C@H](CC(N)(C3)C1)C2. The zero-order valence-electron chi connectivity index (χ0n) is 13.5. The van der Waals surface area contributed by atoms with Crippen LogP contribution in [0.5, 0.6) is 0 Å². The van der Waals surface area contributed by atoms with Gasteiger partial charge in [-0.2, -0.15) is 5.26 Å². The molecule has 0 amide bonds. The summed E-state index contributed by atoms with van der Waals surface area (Å²) in [4.78, 5) is 12.1. The Morgan fingerprint density at radius 3 is 2.61 bits per heavy atom. The standard InChI is InChI=1S/C17H26N4O2/c18-9-13-2-1-3-21(13)20-14(15(22)23)16-5-11-4-12(6-16)8-17(19,7-11)10-16/h11-14,20H,1-8,10,19H2,(H,22,23)/t11-,12-,13?,14+,16?,17?/m0/s1. The Morgan fingerprint density at radius 2 is 2.04 bits per heavy atom. The van der Waals surface area contributed by atoms with Gasteiger partial charge in [0.15, 0.2) is 0 Å². The van der Waals surface area contributed by atoms with Gasteiger partial charge in [0, 0.05) is 12.1 Å². The number of nitrogens with one attached hydrogen (secondary N) is 1. The lowest BCUT2D eigenvalue weighted by atomic mass is 9.45. The van der Waals surface area contributed by atoms with E-state index in [-0.39, 0.29) is 17.0 Å². The van der Waals surface area contributed by atoms with E-state index in [0.717, 1.165) is 51.5 Å². The minimum atomic E-state index is -0.792. The predicted molar refractivity (Wildman–Crippen MR) is 83.9 cm³/mol. The van der Waals surface area contributed by atoms with Gasteiger partial charge in [0.05, 0.1) is 6.07 Å². The fourth-order valence-electron chi connectivity index (χ4n) is 6.42. The molecule has 5 fully saturated rings. The van der Waals surface area contributed by atoms with Crippen molar-refractivity contribution < 1.29 is 9.90 Å². The third kappa shape index (κ3) is 2.46. The molecule has 1 saturated heterocycles. The van der Waals surface area contributed by atoms with E-state index in [4.69, 9.17) is 5.73 Å². The molecule has 0 aromatic carbocycles. The summed E-state index contributed by atoms with van der Waals surface area (Å²) in [7, 11) is 0. The van der Waals surface area contributed by atoms with Crippen LogP contribution in [0.15, 0.2) is 0 Å². The number of hydrazine groups is 1. The second kappa shape index (κ2) is 5.17. The van der Waals surface area contributed by atoms with Crippen LogP contribution in [0.4, 0.5) is 0 Å². The minimum Gasteiger partial charge on any atom is -0.480 e. The molecule has 1 aliphatic heterocycles. The van der Waals surface area contributed by atoms with Crippen LogP contribution in [0.2, 0.25) is 0 Å². The van der Waals surface area contributed by atoms with Gasteiger partial charge < -0.3 is 10.8 Å². The summed E-state index contributed by atoms with van der Waals surface area (Å²) in [5.74, 6) is 0.365. The first-order chi connectivity index (χ1) is 10.9. The molecule has 0 radical (unpaired) electrons. The van der Waals surface area contributed by atoms with Crippen LogP contribution in [0.25, 0.3) is 0 Å². The summed E-state index contributed by atoms with van der Waals surface area (Å²) < 4.78 is 0. The Hall–Kier alpha value is -1.16. The molecule has 23 heavy (non-hydrogen) atoms. The summed E-state index contributed by atoms with van der Waals surface area (Å²) in [6.45, 7) is 0.749. The predicted octanol–water partition coefficient (Wildman–Crippen LogP) is 1.23. The highest BCUT2D eigenvalue weighted by Crippen LogP contribution is 2.62. The lowest BCUT2D eigenvalue weighted by Crippen LogP contribution is -2.68. The second-order valence-corrected chi connectivity index (χ2v) is 8.57. The zero-order valence-corrected chi connectivity index (χ0v) is 13.5. The molecule has 4 atom stereocenters. The second-order valence-electron chi connectivity index (χ2n) is 8.57. The molecule has 4 bridgehead atoms. The minimum absolute atomic E-state index is 0.168. The number of hydrogen-bond donors (Lipinski definition) is 3. The first-order valence-corrected chi connectivity index (χ1v) is 8.87. The molecular formula is C17H26N4O2. The van der Waals surface area contributed by atoms with Crippen LogP contribution >= 0.6 is 0 Å². The molecule has 0 aromatic rings. The Bertz CT molecular complexity index is 543. The van der Waals surface area contributed by atoms with Gasteiger partial charge in [-0.15, -0.1) is 0 Å². The summed E-state index contributed by atoms with van der Waals surface area (Å²) in [6, 6.07) is 1.45. The van der Waals surface area contributed by atoms with E-state index in [1.165, 1.54) is 6.42 Å². The lowest BCUT2D eigenvalue weighted by Gasteiger charge is -2.62. The molecule has 4 aliphatic carbocycles. The van der Waals surface area contributed by atoms with Crippen molar-refractivity contribution in [1.29, 1.82) is 5.26 Å². The molecule has 0 aromatic heterocycles. The monoisotopic (exact) mass is 318 g/mol. The van der Waals surface area contributed by atoms with Crippen molar-refractivity contribution in [2.24, 2.45) is 23.0 Å². The number of nitriles is 1. The summed E-state index contributed by atoms with van der Waals surface area (Å²) >= 11 is 0. The molecule has 1 unspecified atom stereocenters. The summed E-state index contributed by atoms with van der Waals surface area (Å²) in [5.41, 5.74) is 9.45. The van der Waals surface area contributed by atoms with Gasteiger partial charge in [0.25, 0.3) is 0 Å². The van der Waals surface area contributed by atoms with E-state index >= 15 is 0 Å². The van der Waals surface area contributed by atoms with Crippen molar-refractivity contribution in [3.05, 3.63) is 0 Å². The maximum absolute atomic E-state index is 12.1. The van der Waals surface area contributed by atoms with Crippen molar-refractivity contribution in [1.82, 2.24) is 10.4 Å². The number of carboxylic acids is 1. The fraction of sp³-hybridized carbons (Fsp3) is 0.882. The number of hydrogen-bond acceptors (Lipinski definition) is 5. The number of nitrogens with zero attached hydrogens (tertiary/aromatic N) is 2. The van der Waals surface area contributed by atoms with Crippen molar-refractivity contribution >= 4 is 5.97 Å². The normalized spacial score (nSPS) is 46.7. The third-order valence-electron chi connectivity index (χ3n) is 6.71. The molecule has 1 heterocycles. The van der Waals surface area contributed by atoms with Crippen LogP contribution < -0.4 is 11.2 Å². The van der Waals surface area contributed by atoms with Crippen LogP contribution in [-0.2, 0) is 4.79 Å². The van der Waals surface area contributed by atoms with Crippen LogP contribution in [0, 0.1) is 28.6 Å². The fourth-order valence-corrected chi connectivity index (χ4v) is 6.42. The molecule has 4 saturated carbocycles. The maximum atomic E-state index is 12.1. The highest BCUT2D eigenvalue weighted by atomic mass is 16.4. The zero-order chi connectivity index (χ0) is 16.2. The summed E-state index contributed by atoms with van der Waals surface area (Å²) in [5, 5.41) is 21.0. The van der Waals surface area contributed by atoms with Crippen LogP contribution in [0.1, 0.15) is 51.4 Å². The van der Waals surface area contributed by atoms with E-state index < -0.39 is 12.0 Å². The third-order valence-corrected chi connectivity index (χ3v) is 6.71. The molecule has 126 valence electrons. The van der Waals surface area contributed by atoms with Gasteiger partial charge in [-0.05, 0) is 68.6 Å². The number of nitrogens with two attached hydrogens (primary N) is 1. The van der Waals surface area contributed by atoms with Gasteiger partial charge in [-0.1, -0.05) is 0 Å². The van der Waals surface area contributed by atoms with E-state index in [2.05, 4.69) is 11.5 Å². The van der Waals surface area contributed by atoms with E-state index in [9.17, 15) is 15.2 Å². The Balaban J connectivity index is 1.60. The molecule has 6 heteroatoms. The quantitative estimate of drug-likeness (QED) is 0.720. The van der Waals surface area contributed by atoms with Gasteiger partial charge in [-0.3, -0.25) is 4.79 Å². The van der Waals surface area contributed by atoms with Crippen molar-refractivity contribution in [2.45, 2.75) is 69.0 Å². The molecule has 4 N–H and O–H groups in total. The van der Waals surface area contributed by atoms with Gasteiger partial charge in [-0.25, -0.2) is 10.4 Å². The first kappa shape index (κ1) is 15.4. The Labute approximate surface area is 137 Å². The maximum Gasteiger partial charge on any atom is 0.322 e. The molecule has 5 aliphatic rings. The van der Waals surface area contributed by atoms with E-state index in [1.54, 1.807) is 0 Å². The van der Waals surface area contributed by atoms with E-state index in [0.29, 0.717) is 11.8 Å². The molecular weight excluding hydrogens is 292 g/mol. The number of carboxylic acid groups (broad SMARTS) is 1. The van der Waals surface area contributed by atoms with Crippen LogP contribution in [-0.4, -0.2) is 40.3 Å². The lowest BCUT2D eigenvalue weighted by molar-refractivity contribution is -0.157.